The Morgan fingerprint density at radius 2 is 1.74 bits per heavy atom. The van der Waals surface area contributed by atoms with Gasteiger partial charge in [0.2, 0.25) is 0 Å². The molecule has 0 bridgehead atoms. The lowest BCUT2D eigenvalue weighted by molar-refractivity contribution is 0.416. The molecule has 0 aliphatic rings. The minimum absolute atomic E-state index is 0. The zero-order chi connectivity index (χ0) is 13.1. The first-order valence-electron chi connectivity index (χ1n) is 5.82. The van der Waals surface area contributed by atoms with Crippen LogP contribution < -0.4 is 10.5 Å². The highest BCUT2D eigenvalue weighted by Gasteiger charge is 2.09. The van der Waals surface area contributed by atoms with Crippen molar-refractivity contribution in [3.8, 4) is 16.9 Å². The van der Waals surface area contributed by atoms with Gasteiger partial charge in [0.15, 0.2) is 0 Å². The molecule has 0 saturated carbocycles. The number of halogens is 2. The summed E-state index contributed by atoms with van der Waals surface area (Å²) in [7, 11) is 1.63. The molecular formula is C15H17Cl2NO. The summed E-state index contributed by atoms with van der Waals surface area (Å²) in [6, 6.07) is 13.9. The van der Waals surface area contributed by atoms with Crippen LogP contribution in [-0.2, 0) is 0 Å². The second-order valence-corrected chi connectivity index (χ2v) is 4.64. The average Bonchev–Trinajstić information content (AvgIpc) is 2.38. The summed E-state index contributed by atoms with van der Waals surface area (Å²) in [5.41, 5.74) is 9.00. The molecule has 4 heteroatoms. The maximum atomic E-state index is 6.12. The lowest BCUT2D eigenvalue weighted by Crippen LogP contribution is -2.04. The van der Waals surface area contributed by atoms with Crippen LogP contribution in [0.3, 0.4) is 0 Å². The molecule has 1 unspecified atom stereocenters. The third kappa shape index (κ3) is 3.41. The molecule has 1 atom stereocenters. The van der Waals surface area contributed by atoms with Crippen LogP contribution >= 0.6 is 24.0 Å². The summed E-state index contributed by atoms with van der Waals surface area (Å²) >= 11 is 6.12. The molecule has 0 saturated heterocycles. The lowest BCUT2D eigenvalue weighted by Gasteiger charge is -2.11. The third-order valence-electron chi connectivity index (χ3n) is 2.92. The molecule has 2 nitrogen and oxygen atoms in total. The molecule has 19 heavy (non-hydrogen) atoms. The second-order valence-electron chi connectivity index (χ2n) is 4.23. The zero-order valence-electron chi connectivity index (χ0n) is 10.9. The van der Waals surface area contributed by atoms with Crippen molar-refractivity contribution in [1.29, 1.82) is 0 Å². The molecule has 2 rings (SSSR count). The number of ether oxygens (including phenoxy) is 1. The van der Waals surface area contributed by atoms with Gasteiger partial charge in [-0.15, -0.1) is 12.4 Å². The minimum Gasteiger partial charge on any atom is -0.495 e. The van der Waals surface area contributed by atoms with Gasteiger partial charge in [0, 0.05) is 11.6 Å². The molecule has 0 radical (unpaired) electrons. The summed E-state index contributed by atoms with van der Waals surface area (Å²) in [4.78, 5) is 0. The monoisotopic (exact) mass is 297 g/mol. The Kier molecular flexibility index (Phi) is 5.67. The summed E-state index contributed by atoms with van der Waals surface area (Å²) in [5, 5.41) is 0.617. The topological polar surface area (TPSA) is 35.2 Å². The van der Waals surface area contributed by atoms with Gasteiger partial charge in [-0.05, 0) is 24.1 Å². The number of nitrogens with two attached hydrogens (primary N) is 1. The van der Waals surface area contributed by atoms with E-state index >= 15 is 0 Å². The van der Waals surface area contributed by atoms with E-state index < -0.39 is 0 Å². The summed E-state index contributed by atoms with van der Waals surface area (Å²) in [6.45, 7) is 1.97. The molecule has 102 valence electrons. The summed E-state index contributed by atoms with van der Waals surface area (Å²) < 4.78 is 5.35. The van der Waals surface area contributed by atoms with E-state index in [2.05, 4.69) is 0 Å². The Morgan fingerprint density at radius 3 is 2.26 bits per heavy atom. The molecule has 0 fully saturated rings. The van der Waals surface area contributed by atoms with Crippen LogP contribution in [-0.4, -0.2) is 7.11 Å². The zero-order valence-corrected chi connectivity index (χ0v) is 12.5. The van der Waals surface area contributed by atoms with Crippen molar-refractivity contribution < 1.29 is 4.74 Å². The largest absolute Gasteiger partial charge is 0.495 e. The fraction of sp³-hybridized carbons (Fsp3) is 0.200. The molecule has 2 N–H and O–H groups in total. The van der Waals surface area contributed by atoms with Gasteiger partial charge >= 0.3 is 0 Å². The van der Waals surface area contributed by atoms with Crippen molar-refractivity contribution >= 4 is 24.0 Å². The molecule has 2 aromatic carbocycles. The Hall–Kier alpha value is -1.22. The molecule has 0 aliphatic carbocycles. The van der Waals surface area contributed by atoms with Crippen LogP contribution in [0.15, 0.2) is 42.5 Å². The van der Waals surface area contributed by atoms with Gasteiger partial charge in [-0.25, -0.2) is 0 Å². The van der Waals surface area contributed by atoms with Crippen LogP contribution in [0.25, 0.3) is 11.1 Å². The highest BCUT2D eigenvalue weighted by molar-refractivity contribution is 6.32. The first-order valence-corrected chi connectivity index (χ1v) is 6.19. The second kappa shape index (κ2) is 6.80. The van der Waals surface area contributed by atoms with Gasteiger partial charge in [-0.2, -0.15) is 0 Å². The van der Waals surface area contributed by atoms with Crippen molar-refractivity contribution in [2.75, 3.05) is 7.11 Å². The Labute approximate surface area is 124 Å². The lowest BCUT2D eigenvalue weighted by atomic mass is 10.0. The Morgan fingerprint density at radius 1 is 1.11 bits per heavy atom. The van der Waals surface area contributed by atoms with E-state index in [4.69, 9.17) is 22.1 Å². The predicted molar refractivity (Wildman–Crippen MR) is 83.3 cm³/mol. The maximum Gasteiger partial charge on any atom is 0.145 e. The number of rotatable bonds is 3. The maximum absolute atomic E-state index is 6.12. The van der Waals surface area contributed by atoms with Gasteiger partial charge in [0.25, 0.3) is 0 Å². The highest BCUT2D eigenvalue weighted by atomic mass is 35.5. The van der Waals surface area contributed by atoms with Crippen LogP contribution in [0.1, 0.15) is 18.5 Å². The molecule has 0 aromatic heterocycles. The van der Waals surface area contributed by atoms with Gasteiger partial charge in [0.05, 0.1) is 12.1 Å². The van der Waals surface area contributed by atoms with Crippen LogP contribution in [0.5, 0.6) is 5.75 Å². The van der Waals surface area contributed by atoms with E-state index in [0.717, 1.165) is 16.7 Å². The third-order valence-corrected chi connectivity index (χ3v) is 3.22. The Balaban J connectivity index is 0.00000180. The van der Waals surface area contributed by atoms with Crippen LogP contribution in [0.2, 0.25) is 5.02 Å². The van der Waals surface area contributed by atoms with Crippen molar-refractivity contribution in [2.45, 2.75) is 13.0 Å². The number of hydrogen-bond acceptors (Lipinski definition) is 2. The fourth-order valence-electron chi connectivity index (χ4n) is 1.91. The van der Waals surface area contributed by atoms with Crippen molar-refractivity contribution in [2.24, 2.45) is 5.73 Å². The predicted octanol–water partition coefficient (Wildman–Crippen LogP) is 4.46. The van der Waals surface area contributed by atoms with Crippen molar-refractivity contribution in [3.63, 3.8) is 0 Å². The number of para-hydroxylation sites is 1. The van der Waals surface area contributed by atoms with Crippen LogP contribution in [0.4, 0.5) is 0 Å². The number of methoxy groups -OCH3 is 1. The number of hydrogen-bond donors (Lipinski definition) is 1. The first kappa shape index (κ1) is 15.8. The van der Waals surface area contributed by atoms with E-state index in [0.29, 0.717) is 10.8 Å². The van der Waals surface area contributed by atoms with Crippen molar-refractivity contribution in [3.05, 3.63) is 53.1 Å². The normalized spacial score (nSPS) is 11.6. The van der Waals surface area contributed by atoms with Crippen LogP contribution in [0, 0.1) is 0 Å². The Bertz CT molecular complexity index is 538. The average molecular weight is 298 g/mol. The molecule has 0 amide bonds. The minimum atomic E-state index is 0. The summed E-state index contributed by atoms with van der Waals surface area (Å²) in [6.07, 6.45) is 0. The number of benzene rings is 2. The van der Waals surface area contributed by atoms with E-state index in [9.17, 15) is 0 Å². The molecule has 0 heterocycles. The van der Waals surface area contributed by atoms with Gasteiger partial charge < -0.3 is 10.5 Å². The molecule has 2 aromatic rings. The van der Waals surface area contributed by atoms with Gasteiger partial charge in [0.1, 0.15) is 5.75 Å². The van der Waals surface area contributed by atoms with Crippen molar-refractivity contribution in [1.82, 2.24) is 0 Å². The smallest absolute Gasteiger partial charge is 0.145 e. The molecule has 0 spiro atoms. The molecule has 0 aliphatic heterocycles. The first-order chi connectivity index (χ1) is 8.63. The quantitative estimate of drug-likeness (QED) is 0.908. The van der Waals surface area contributed by atoms with E-state index in [1.54, 1.807) is 7.11 Å². The van der Waals surface area contributed by atoms with E-state index in [1.807, 2.05) is 49.4 Å². The fourth-order valence-corrected chi connectivity index (χ4v) is 2.16. The van der Waals surface area contributed by atoms with E-state index in [1.165, 1.54) is 0 Å². The van der Waals surface area contributed by atoms with E-state index in [-0.39, 0.29) is 18.4 Å². The highest BCUT2D eigenvalue weighted by Crippen LogP contribution is 2.36. The summed E-state index contributed by atoms with van der Waals surface area (Å²) in [5.74, 6) is 0.702. The standard InChI is InChI=1S/C15H16ClNO.ClH/c1-10(17)11-6-8-12(9-7-11)13-4-3-5-14(16)15(13)18-2;/h3-10H,17H2,1-2H3;1H. The van der Waals surface area contributed by atoms with Gasteiger partial charge in [-0.3, -0.25) is 0 Å². The van der Waals surface area contributed by atoms with Gasteiger partial charge in [-0.1, -0.05) is 48.0 Å². The SMILES string of the molecule is COc1c(Cl)cccc1-c1ccc(C(C)N)cc1.Cl. The molecular weight excluding hydrogens is 281 g/mol.